The molecule has 0 aromatic rings. The maximum atomic E-state index is 3.32. The van der Waals surface area contributed by atoms with E-state index in [-0.39, 0.29) is 0 Å². The van der Waals surface area contributed by atoms with Crippen LogP contribution in [0.1, 0.15) is 46.0 Å². The Bertz CT molecular complexity index is 185. The second-order valence-corrected chi connectivity index (χ2v) is 5.99. The summed E-state index contributed by atoms with van der Waals surface area (Å²) in [4.78, 5) is 0. The molecule has 2 aliphatic carbocycles. The van der Waals surface area contributed by atoms with Crippen molar-refractivity contribution in [2.75, 3.05) is 13.6 Å². The van der Waals surface area contributed by atoms with Crippen molar-refractivity contribution in [3.8, 4) is 0 Å². The smallest absolute Gasteiger partial charge is 0.00180 e. The molecule has 1 nitrogen and oxygen atoms in total. The standard InChI is InChI=1S/C12H23N/c1-11(2)4-6-12(7-5-11)8-10(12)9-13-3/h10,13H,4-9H2,1-3H3. The zero-order valence-corrected chi connectivity index (χ0v) is 9.32. The lowest BCUT2D eigenvalue weighted by molar-refractivity contribution is 0.166. The van der Waals surface area contributed by atoms with Crippen LogP contribution in [0.25, 0.3) is 0 Å². The third-order valence-corrected chi connectivity index (χ3v) is 4.41. The fourth-order valence-corrected chi connectivity index (χ4v) is 3.00. The highest BCUT2D eigenvalue weighted by atomic mass is 14.8. The highest BCUT2D eigenvalue weighted by molar-refractivity contribution is 5.05. The summed E-state index contributed by atoms with van der Waals surface area (Å²) in [7, 11) is 2.08. The maximum Gasteiger partial charge on any atom is -0.00180 e. The van der Waals surface area contributed by atoms with Gasteiger partial charge in [0.15, 0.2) is 0 Å². The van der Waals surface area contributed by atoms with Crippen molar-refractivity contribution < 1.29 is 0 Å². The summed E-state index contributed by atoms with van der Waals surface area (Å²) < 4.78 is 0. The van der Waals surface area contributed by atoms with Crippen LogP contribution in [0.15, 0.2) is 0 Å². The van der Waals surface area contributed by atoms with E-state index in [0.29, 0.717) is 5.41 Å². The molecule has 0 heterocycles. The lowest BCUT2D eigenvalue weighted by Crippen LogP contribution is -2.25. The van der Waals surface area contributed by atoms with Gasteiger partial charge < -0.3 is 5.32 Å². The fourth-order valence-electron chi connectivity index (χ4n) is 3.00. The molecule has 1 unspecified atom stereocenters. The van der Waals surface area contributed by atoms with Crippen LogP contribution in [-0.2, 0) is 0 Å². The molecule has 2 aliphatic rings. The Hall–Kier alpha value is -0.0400. The van der Waals surface area contributed by atoms with Crippen molar-refractivity contribution in [1.29, 1.82) is 0 Å². The van der Waals surface area contributed by atoms with Crippen molar-refractivity contribution in [3.63, 3.8) is 0 Å². The highest BCUT2D eigenvalue weighted by Gasteiger charge is 2.54. The molecule has 0 radical (unpaired) electrons. The van der Waals surface area contributed by atoms with Crippen LogP contribution in [-0.4, -0.2) is 13.6 Å². The second kappa shape index (κ2) is 2.98. The first kappa shape index (κ1) is 9.51. The summed E-state index contributed by atoms with van der Waals surface area (Å²) in [6.45, 7) is 6.10. The number of nitrogens with one attached hydrogen (secondary N) is 1. The summed E-state index contributed by atoms with van der Waals surface area (Å²) >= 11 is 0. The van der Waals surface area contributed by atoms with Crippen molar-refractivity contribution in [3.05, 3.63) is 0 Å². The summed E-state index contributed by atoms with van der Waals surface area (Å²) in [6, 6.07) is 0. The molecule has 2 saturated carbocycles. The first-order valence-corrected chi connectivity index (χ1v) is 5.73. The molecule has 1 atom stereocenters. The zero-order chi connectivity index (χ0) is 9.53. The molecule has 2 rings (SSSR count). The Morgan fingerprint density at radius 3 is 2.31 bits per heavy atom. The summed E-state index contributed by atoms with van der Waals surface area (Å²) in [6.07, 6.45) is 7.39. The Morgan fingerprint density at radius 2 is 1.77 bits per heavy atom. The third-order valence-electron chi connectivity index (χ3n) is 4.41. The van der Waals surface area contributed by atoms with Crippen molar-refractivity contribution in [1.82, 2.24) is 5.32 Å². The molecule has 1 heteroatoms. The molecule has 76 valence electrons. The van der Waals surface area contributed by atoms with Gasteiger partial charge in [0.2, 0.25) is 0 Å². The number of rotatable bonds is 2. The van der Waals surface area contributed by atoms with E-state index in [1.807, 2.05) is 0 Å². The van der Waals surface area contributed by atoms with Crippen LogP contribution >= 0.6 is 0 Å². The average Bonchev–Trinajstić information content (AvgIpc) is 2.73. The van der Waals surface area contributed by atoms with Crippen LogP contribution < -0.4 is 5.32 Å². The average molecular weight is 181 g/mol. The van der Waals surface area contributed by atoms with Crippen LogP contribution in [0.3, 0.4) is 0 Å². The van der Waals surface area contributed by atoms with E-state index < -0.39 is 0 Å². The van der Waals surface area contributed by atoms with Gasteiger partial charge in [-0.3, -0.25) is 0 Å². The van der Waals surface area contributed by atoms with E-state index >= 15 is 0 Å². The minimum atomic E-state index is 0.637. The lowest BCUT2D eigenvalue weighted by Gasteiger charge is -2.35. The van der Waals surface area contributed by atoms with Gasteiger partial charge in [0.25, 0.3) is 0 Å². The van der Waals surface area contributed by atoms with E-state index in [1.165, 1.54) is 38.6 Å². The van der Waals surface area contributed by atoms with Crippen LogP contribution in [0.2, 0.25) is 0 Å². The first-order valence-electron chi connectivity index (χ1n) is 5.73. The molecular formula is C12H23N. The maximum absolute atomic E-state index is 3.32. The van der Waals surface area contributed by atoms with Crippen molar-refractivity contribution in [2.45, 2.75) is 46.0 Å². The Labute approximate surface area is 82.3 Å². The van der Waals surface area contributed by atoms with Gasteiger partial charge in [0, 0.05) is 0 Å². The quantitative estimate of drug-likeness (QED) is 0.690. The van der Waals surface area contributed by atoms with Gasteiger partial charge in [-0.05, 0) is 62.4 Å². The van der Waals surface area contributed by atoms with Gasteiger partial charge in [-0.2, -0.15) is 0 Å². The monoisotopic (exact) mass is 181 g/mol. The Morgan fingerprint density at radius 1 is 1.15 bits per heavy atom. The SMILES string of the molecule is CNCC1CC12CCC(C)(C)CC2. The fraction of sp³-hybridized carbons (Fsp3) is 1.00. The third kappa shape index (κ3) is 1.76. The molecule has 13 heavy (non-hydrogen) atoms. The molecule has 1 spiro atoms. The molecule has 0 amide bonds. The predicted molar refractivity (Wildman–Crippen MR) is 56.7 cm³/mol. The van der Waals surface area contributed by atoms with E-state index in [1.54, 1.807) is 0 Å². The van der Waals surface area contributed by atoms with Gasteiger partial charge in [-0.15, -0.1) is 0 Å². The van der Waals surface area contributed by atoms with Crippen LogP contribution in [0, 0.1) is 16.7 Å². The van der Waals surface area contributed by atoms with Gasteiger partial charge in [0.05, 0.1) is 0 Å². The topological polar surface area (TPSA) is 12.0 Å². The van der Waals surface area contributed by atoms with E-state index in [2.05, 4.69) is 26.2 Å². The zero-order valence-electron chi connectivity index (χ0n) is 9.32. The molecule has 0 saturated heterocycles. The molecule has 2 fully saturated rings. The normalized spacial score (nSPS) is 34.8. The molecule has 0 aromatic carbocycles. The van der Waals surface area contributed by atoms with Gasteiger partial charge in [0.1, 0.15) is 0 Å². The van der Waals surface area contributed by atoms with Gasteiger partial charge in [-0.25, -0.2) is 0 Å². The predicted octanol–water partition coefficient (Wildman–Crippen LogP) is 2.81. The van der Waals surface area contributed by atoms with Crippen molar-refractivity contribution >= 4 is 0 Å². The van der Waals surface area contributed by atoms with E-state index in [0.717, 1.165) is 11.3 Å². The van der Waals surface area contributed by atoms with Gasteiger partial charge in [-0.1, -0.05) is 13.8 Å². The first-order chi connectivity index (χ1) is 6.08. The number of hydrogen-bond donors (Lipinski definition) is 1. The highest BCUT2D eigenvalue weighted by Crippen LogP contribution is 2.63. The van der Waals surface area contributed by atoms with Crippen LogP contribution in [0.5, 0.6) is 0 Å². The minimum Gasteiger partial charge on any atom is -0.319 e. The molecule has 1 N–H and O–H groups in total. The molecule has 0 aromatic heterocycles. The summed E-state index contributed by atoms with van der Waals surface area (Å²) in [5.74, 6) is 1.01. The van der Waals surface area contributed by atoms with Gasteiger partial charge >= 0.3 is 0 Å². The van der Waals surface area contributed by atoms with E-state index in [4.69, 9.17) is 0 Å². The molecule has 0 aliphatic heterocycles. The Balaban J connectivity index is 1.86. The summed E-state index contributed by atoms with van der Waals surface area (Å²) in [5, 5.41) is 3.32. The largest absolute Gasteiger partial charge is 0.319 e. The molecular weight excluding hydrogens is 158 g/mol. The van der Waals surface area contributed by atoms with E-state index in [9.17, 15) is 0 Å². The lowest BCUT2D eigenvalue weighted by atomic mass is 9.71. The minimum absolute atomic E-state index is 0.637. The second-order valence-electron chi connectivity index (χ2n) is 5.99. The Kier molecular flexibility index (Phi) is 2.18. The van der Waals surface area contributed by atoms with Crippen LogP contribution in [0.4, 0.5) is 0 Å². The van der Waals surface area contributed by atoms with Crippen molar-refractivity contribution in [2.24, 2.45) is 16.7 Å². The number of hydrogen-bond acceptors (Lipinski definition) is 1. The molecule has 0 bridgehead atoms. The summed E-state index contributed by atoms with van der Waals surface area (Å²) in [5.41, 5.74) is 1.43.